The number of rotatable bonds is 3. The first-order valence-corrected chi connectivity index (χ1v) is 8.68. The van der Waals surface area contributed by atoms with E-state index in [0.717, 1.165) is 17.8 Å². The number of fused-ring (bicyclic) bond motifs is 1. The fraction of sp³-hybridized carbons (Fsp3) is 0.118. The lowest BCUT2D eigenvalue weighted by Gasteiger charge is -2.28. The molecule has 136 valence electrons. The van der Waals surface area contributed by atoms with Gasteiger partial charge in [-0.25, -0.2) is 4.79 Å². The second kappa shape index (κ2) is 7.06. The Hall–Kier alpha value is -1.83. The molecule has 1 heterocycles. The van der Waals surface area contributed by atoms with Crippen molar-refractivity contribution in [2.24, 2.45) is 0 Å². The van der Waals surface area contributed by atoms with E-state index in [1.807, 2.05) is 0 Å². The van der Waals surface area contributed by atoms with Gasteiger partial charge in [0.25, 0.3) is 0 Å². The van der Waals surface area contributed by atoms with Crippen molar-refractivity contribution in [1.82, 2.24) is 0 Å². The quantitative estimate of drug-likeness (QED) is 0.667. The number of carbonyl (C=O) groups is 1. The number of halogens is 5. The average Bonchev–Trinajstić information content (AvgIpc) is 2.55. The number of alkyl halides is 3. The summed E-state index contributed by atoms with van der Waals surface area (Å²) in [6.07, 6.45) is -6.45. The molecule has 0 radical (unpaired) electrons. The van der Waals surface area contributed by atoms with E-state index in [9.17, 15) is 23.1 Å². The van der Waals surface area contributed by atoms with Gasteiger partial charge in [-0.15, -0.1) is 0 Å². The molecule has 1 N–H and O–H groups in total. The predicted octanol–water partition coefficient (Wildman–Crippen LogP) is 5.94. The lowest BCUT2D eigenvalue weighted by atomic mass is 10.0. The molecule has 2 aromatic carbocycles. The molecule has 0 saturated carbocycles. The molecule has 1 aliphatic rings. The first-order valence-electron chi connectivity index (χ1n) is 7.11. The first-order chi connectivity index (χ1) is 12.2. The van der Waals surface area contributed by atoms with Gasteiger partial charge in [-0.2, -0.15) is 13.2 Å². The zero-order chi connectivity index (χ0) is 19.1. The van der Waals surface area contributed by atoms with E-state index in [0.29, 0.717) is 14.8 Å². The fourth-order valence-electron chi connectivity index (χ4n) is 2.39. The Labute approximate surface area is 160 Å². The van der Waals surface area contributed by atoms with Crippen molar-refractivity contribution >= 4 is 47.0 Å². The molecular formula is C17H9Cl2F3O3S. The third-order valence-corrected chi connectivity index (χ3v) is 5.29. The molecule has 1 unspecified atom stereocenters. The van der Waals surface area contributed by atoms with Crippen LogP contribution in [0.3, 0.4) is 0 Å². The van der Waals surface area contributed by atoms with Crippen LogP contribution in [0.1, 0.15) is 5.56 Å². The van der Waals surface area contributed by atoms with Gasteiger partial charge >= 0.3 is 12.1 Å². The van der Waals surface area contributed by atoms with E-state index in [2.05, 4.69) is 0 Å². The van der Waals surface area contributed by atoms with Crippen LogP contribution in [0.5, 0.6) is 5.75 Å². The van der Waals surface area contributed by atoms with Crippen LogP contribution < -0.4 is 4.74 Å². The van der Waals surface area contributed by atoms with Crippen molar-refractivity contribution in [3.05, 3.63) is 57.6 Å². The van der Waals surface area contributed by atoms with Gasteiger partial charge in [0.2, 0.25) is 6.10 Å². The highest BCUT2D eigenvalue weighted by Gasteiger charge is 2.48. The summed E-state index contributed by atoms with van der Waals surface area (Å²) >= 11 is 13.3. The van der Waals surface area contributed by atoms with Crippen LogP contribution in [0.4, 0.5) is 13.2 Å². The summed E-state index contributed by atoms with van der Waals surface area (Å²) in [7, 11) is 0. The van der Waals surface area contributed by atoms with Gasteiger partial charge in [0, 0.05) is 20.4 Å². The van der Waals surface area contributed by atoms with Crippen LogP contribution in [0.2, 0.25) is 10.0 Å². The maximum atomic E-state index is 13.1. The highest BCUT2D eigenvalue weighted by atomic mass is 35.5. The van der Waals surface area contributed by atoms with E-state index >= 15 is 0 Å². The SMILES string of the molecule is O=C(O)C1=Cc2c(ccc(Cl)c2Sc2cccc(Cl)c2)OC1C(F)(F)F. The number of carboxylic acid groups (broad SMARTS) is 1. The van der Waals surface area contributed by atoms with Crippen LogP contribution in [-0.4, -0.2) is 23.4 Å². The molecule has 0 bridgehead atoms. The molecule has 1 atom stereocenters. The van der Waals surface area contributed by atoms with Gasteiger partial charge < -0.3 is 9.84 Å². The van der Waals surface area contributed by atoms with Crippen molar-refractivity contribution in [2.75, 3.05) is 0 Å². The highest BCUT2D eigenvalue weighted by Crippen LogP contribution is 2.45. The third kappa shape index (κ3) is 3.79. The average molecular weight is 421 g/mol. The Morgan fingerprint density at radius 1 is 1.19 bits per heavy atom. The molecule has 0 saturated heterocycles. The first kappa shape index (κ1) is 18.9. The zero-order valence-corrected chi connectivity index (χ0v) is 15.0. The summed E-state index contributed by atoms with van der Waals surface area (Å²) < 4.78 is 44.4. The summed E-state index contributed by atoms with van der Waals surface area (Å²) in [5.74, 6) is -1.80. The number of ether oxygens (including phenoxy) is 1. The van der Waals surface area contributed by atoms with Crippen LogP contribution in [0.25, 0.3) is 6.08 Å². The van der Waals surface area contributed by atoms with Gasteiger partial charge in [0.1, 0.15) is 5.75 Å². The Bertz CT molecular complexity index is 913. The molecule has 0 amide bonds. The topological polar surface area (TPSA) is 46.5 Å². The van der Waals surface area contributed by atoms with E-state index in [4.69, 9.17) is 27.9 Å². The lowest BCUT2D eigenvalue weighted by Crippen LogP contribution is -2.40. The molecule has 26 heavy (non-hydrogen) atoms. The van der Waals surface area contributed by atoms with Gasteiger partial charge in [-0.1, -0.05) is 41.0 Å². The summed E-state index contributed by atoms with van der Waals surface area (Å²) in [5, 5.41) is 9.91. The molecule has 3 nitrogen and oxygen atoms in total. The van der Waals surface area contributed by atoms with Gasteiger partial charge in [0.15, 0.2) is 0 Å². The van der Waals surface area contributed by atoms with Crippen molar-refractivity contribution < 1.29 is 27.8 Å². The molecule has 0 spiro atoms. The number of hydrogen-bond donors (Lipinski definition) is 1. The largest absolute Gasteiger partial charge is 0.478 e. The monoisotopic (exact) mass is 420 g/mol. The van der Waals surface area contributed by atoms with Crippen molar-refractivity contribution in [3.63, 3.8) is 0 Å². The van der Waals surface area contributed by atoms with Gasteiger partial charge in [-0.3, -0.25) is 0 Å². The third-order valence-electron chi connectivity index (χ3n) is 3.50. The second-order valence-electron chi connectivity index (χ2n) is 5.29. The zero-order valence-electron chi connectivity index (χ0n) is 12.7. The standard InChI is InChI=1S/C17H9Cl2F3O3S/c18-8-2-1-3-9(6-8)26-14-10-7-11(16(23)24)15(17(20,21)22)25-13(10)5-4-12(14)19/h1-7,15H,(H,23,24). The molecule has 0 aromatic heterocycles. The van der Waals surface area contributed by atoms with Crippen LogP contribution >= 0.6 is 35.0 Å². The molecule has 1 aliphatic heterocycles. The van der Waals surface area contributed by atoms with E-state index < -0.39 is 23.8 Å². The number of carboxylic acids is 1. The Morgan fingerprint density at radius 3 is 2.54 bits per heavy atom. The number of benzene rings is 2. The molecule has 3 rings (SSSR count). The molecule has 2 aromatic rings. The molecular weight excluding hydrogens is 412 g/mol. The number of hydrogen-bond acceptors (Lipinski definition) is 3. The van der Waals surface area contributed by atoms with Crippen molar-refractivity contribution in [1.29, 1.82) is 0 Å². The maximum Gasteiger partial charge on any atom is 0.430 e. The van der Waals surface area contributed by atoms with Crippen LogP contribution in [0.15, 0.2) is 51.8 Å². The second-order valence-corrected chi connectivity index (χ2v) is 7.22. The Kier molecular flexibility index (Phi) is 5.14. The van der Waals surface area contributed by atoms with E-state index in [1.54, 1.807) is 24.3 Å². The molecule has 0 fully saturated rings. The highest BCUT2D eigenvalue weighted by molar-refractivity contribution is 7.99. The van der Waals surface area contributed by atoms with Gasteiger partial charge in [-0.05, 0) is 36.4 Å². The minimum absolute atomic E-state index is 0.0914. The summed E-state index contributed by atoms with van der Waals surface area (Å²) in [4.78, 5) is 12.4. The summed E-state index contributed by atoms with van der Waals surface area (Å²) in [5.41, 5.74) is -0.722. The minimum atomic E-state index is -4.86. The molecule has 9 heteroatoms. The normalized spacial score (nSPS) is 16.5. The van der Waals surface area contributed by atoms with Crippen molar-refractivity contribution in [2.45, 2.75) is 22.1 Å². The number of aliphatic carboxylic acids is 1. The van der Waals surface area contributed by atoms with Crippen LogP contribution in [0, 0.1) is 0 Å². The maximum absolute atomic E-state index is 13.1. The smallest absolute Gasteiger partial charge is 0.430 e. The Balaban J connectivity index is 2.11. The lowest BCUT2D eigenvalue weighted by molar-refractivity contribution is -0.187. The summed E-state index contributed by atoms with van der Waals surface area (Å²) in [6.45, 7) is 0. The summed E-state index contributed by atoms with van der Waals surface area (Å²) in [6, 6.07) is 9.48. The van der Waals surface area contributed by atoms with E-state index in [1.165, 1.54) is 12.1 Å². The molecule has 0 aliphatic carbocycles. The predicted molar refractivity (Wildman–Crippen MR) is 93.1 cm³/mol. The fourth-order valence-corrected chi connectivity index (χ4v) is 3.92. The van der Waals surface area contributed by atoms with Crippen molar-refractivity contribution in [3.8, 4) is 5.75 Å². The van der Waals surface area contributed by atoms with Crippen LogP contribution in [-0.2, 0) is 4.79 Å². The van der Waals surface area contributed by atoms with Gasteiger partial charge in [0.05, 0.1) is 10.6 Å². The minimum Gasteiger partial charge on any atom is -0.478 e. The Morgan fingerprint density at radius 2 is 1.92 bits per heavy atom. The van der Waals surface area contributed by atoms with E-state index in [-0.39, 0.29) is 16.3 Å².